The molecule has 2 amide bonds. The predicted octanol–water partition coefficient (Wildman–Crippen LogP) is 4.54. The minimum absolute atomic E-state index is 0.0138. The van der Waals surface area contributed by atoms with E-state index in [1.54, 1.807) is 4.90 Å². The zero-order chi connectivity index (χ0) is 21.3. The zero-order valence-corrected chi connectivity index (χ0v) is 18.0. The Bertz CT molecular complexity index is 947. The number of hydrogen-bond donors (Lipinski definition) is 1. The number of rotatable bonds is 2. The molecule has 2 atom stereocenters. The second-order valence-corrected chi connectivity index (χ2v) is 9.25. The zero-order valence-electron chi connectivity index (χ0n) is 18.0. The summed E-state index contributed by atoms with van der Waals surface area (Å²) in [6.07, 6.45) is 3.06. The summed E-state index contributed by atoms with van der Waals surface area (Å²) in [5.41, 5.74) is 4.05. The summed E-state index contributed by atoms with van der Waals surface area (Å²) < 4.78 is 5.63. The lowest BCUT2D eigenvalue weighted by Gasteiger charge is -2.38. The van der Waals surface area contributed by atoms with Crippen molar-refractivity contribution in [3.8, 4) is 0 Å². The van der Waals surface area contributed by atoms with E-state index in [2.05, 4.69) is 17.4 Å². The third-order valence-electron chi connectivity index (χ3n) is 5.87. The highest BCUT2D eigenvalue weighted by Gasteiger charge is 2.38. The summed E-state index contributed by atoms with van der Waals surface area (Å²) in [6, 6.07) is 15.7. The van der Waals surface area contributed by atoms with Crippen LogP contribution in [-0.4, -0.2) is 28.5 Å². The maximum atomic E-state index is 13.4. The fourth-order valence-corrected chi connectivity index (χ4v) is 4.44. The van der Waals surface area contributed by atoms with Gasteiger partial charge >= 0.3 is 6.09 Å². The number of fused-ring (bicyclic) bond motifs is 2. The van der Waals surface area contributed by atoms with Crippen LogP contribution in [0.2, 0.25) is 0 Å². The van der Waals surface area contributed by atoms with Gasteiger partial charge in [-0.15, -0.1) is 0 Å². The smallest absolute Gasteiger partial charge is 0.411 e. The Morgan fingerprint density at radius 3 is 2.40 bits per heavy atom. The van der Waals surface area contributed by atoms with Crippen LogP contribution in [-0.2, 0) is 28.9 Å². The fourth-order valence-electron chi connectivity index (χ4n) is 4.44. The Balaban J connectivity index is 1.58. The fraction of sp³-hybridized carbons (Fsp3) is 0.440. The molecule has 0 aromatic heterocycles. The van der Waals surface area contributed by atoms with Crippen molar-refractivity contribution >= 4 is 12.0 Å². The highest BCUT2D eigenvalue weighted by Crippen LogP contribution is 2.31. The number of carbonyl (C=O) groups excluding carboxylic acids is 2. The van der Waals surface area contributed by atoms with Gasteiger partial charge in [0.15, 0.2) is 0 Å². The van der Waals surface area contributed by atoms with Crippen molar-refractivity contribution in [2.75, 3.05) is 0 Å². The minimum Gasteiger partial charge on any atom is -0.444 e. The number of aryl methyl sites for hydroxylation is 1. The van der Waals surface area contributed by atoms with E-state index >= 15 is 0 Å². The van der Waals surface area contributed by atoms with E-state index in [0.29, 0.717) is 13.0 Å². The molecule has 1 heterocycles. The second-order valence-electron chi connectivity index (χ2n) is 9.25. The monoisotopic (exact) mass is 406 g/mol. The van der Waals surface area contributed by atoms with Crippen molar-refractivity contribution in [1.82, 2.24) is 10.2 Å². The van der Waals surface area contributed by atoms with Gasteiger partial charge < -0.3 is 10.1 Å². The summed E-state index contributed by atoms with van der Waals surface area (Å²) in [6.45, 7) is 5.91. The lowest BCUT2D eigenvalue weighted by atomic mass is 9.87. The van der Waals surface area contributed by atoms with Gasteiger partial charge in [-0.05, 0) is 62.3 Å². The number of hydrogen-bond acceptors (Lipinski definition) is 3. The van der Waals surface area contributed by atoms with E-state index in [1.807, 2.05) is 57.2 Å². The predicted molar refractivity (Wildman–Crippen MR) is 116 cm³/mol. The third-order valence-corrected chi connectivity index (χ3v) is 5.87. The van der Waals surface area contributed by atoms with Crippen molar-refractivity contribution in [2.45, 2.75) is 70.7 Å². The van der Waals surface area contributed by atoms with Crippen LogP contribution in [0.3, 0.4) is 0 Å². The molecule has 4 rings (SSSR count). The summed E-state index contributed by atoms with van der Waals surface area (Å²) in [7, 11) is 0. The largest absolute Gasteiger partial charge is 0.444 e. The molecule has 30 heavy (non-hydrogen) atoms. The van der Waals surface area contributed by atoms with E-state index in [1.165, 1.54) is 11.1 Å². The molecule has 5 nitrogen and oxygen atoms in total. The molecule has 1 N–H and O–H groups in total. The SMILES string of the molecule is CC(C)(C)OC(=O)N1Cc2ccccc2CC1C(=O)NC1CCCc2ccccc21. The second kappa shape index (κ2) is 8.13. The van der Waals surface area contributed by atoms with Crippen molar-refractivity contribution in [2.24, 2.45) is 0 Å². The van der Waals surface area contributed by atoms with Gasteiger partial charge in [-0.1, -0.05) is 48.5 Å². The molecule has 1 aliphatic heterocycles. The third kappa shape index (κ3) is 4.35. The van der Waals surface area contributed by atoms with Gasteiger partial charge in [0.05, 0.1) is 12.6 Å². The lowest BCUT2D eigenvalue weighted by molar-refractivity contribution is -0.128. The molecule has 2 aliphatic rings. The molecule has 2 unspecified atom stereocenters. The normalized spacial score (nSPS) is 20.7. The first kappa shape index (κ1) is 20.5. The maximum absolute atomic E-state index is 13.4. The van der Waals surface area contributed by atoms with E-state index < -0.39 is 17.7 Å². The van der Waals surface area contributed by atoms with Crippen LogP contribution in [0.5, 0.6) is 0 Å². The van der Waals surface area contributed by atoms with Gasteiger partial charge in [-0.2, -0.15) is 0 Å². The first-order chi connectivity index (χ1) is 14.3. The summed E-state index contributed by atoms with van der Waals surface area (Å²) >= 11 is 0. The van der Waals surface area contributed by atoms with E-state index in [-0.39, 0.29) is 11.9 Å². The number of amides is 2. The van der Waals surface area contributed by atoms with Crippen LogP contribution in [0, 0.1) is 0 Å². The highest BCUT2D eigenvalue weighted by atomic mass is 16.6. The first-order valence-electron chi connectivity index (χ1n) is 10.8. The highest BCUT2D eigenvalue weighted by molar-refractivity contribution is 5.87. The molecule has 0 bridgehead atoms. The molecule has 2 aromatic rings. The van der Waals surface area contributed by atoms with E-state index in [9.17, 15) is 9.59 Å². The Morgan fingerprint density at radius 1 is 1.00 bits per heavy atom. The Kier molecular flexibility index (Phi) is 5.54. The van der Waals surface area contributed by atoms with Crippen LogP contribution in [0.1, 0.15) is 61.9 Å². The van der Waals surface area contributed by atoms with Gasteiger partial charge in [-0.3, -0.25) is 9.69 Å². The Morgan fingerprint density at radius 2 is 1.67 bits per heavy atom. The molecule has 0 spiro atoms. The van der Waals surface area contributed by atoms with E-state index in [4.69, 9.17) is 4.74 Å². The van der Waals surface area contributed by atoms with Crippen LogP contribution in [0.25, 0.3) is 0 Å². The van der Waals surface area contributed by atoms with Crippen molar-refractivity contribution < 1.29 is 14.3 Å². The maximum Gasteiger partial charge on any atom is 0.411 e. The van der Waals surface area contributed by atoms with Gasteiger partial charge in [0.25, 0.3) is 0 Å². The number of carbonyl (C=O) groups is 2. The summed E-state index contributed by atoms with van der Waals surface area (Å²) in [5.74, 6) is -0.114. The standard InChI is InChI=1S/C25H30N2O3/c1-25(2,3)30-24(29)27-16-19-11-5-4-10-18(19)15-22(27)23(28)26-21-14-8-12-17-9-6-7-13-20(17)21/h4-7,9-11,13,21-22H,8,12,14-16H2,1-3H3,(H,26,28). The molecule has 0 saturated heterocycles. The van der Waals surface area contributed by atoms with E-state index in [0.717, 1.165) is 30.4 Å². The molecular formula is C25H30N2O3. The van der Waals surface area contributed by atoms with Crippen molar-refractivity contribution in [1.29, 1.82) is 0 Å². The molecule has 2 aromatic carbocycles. The van der Waals surface area contributed by atoms with Crippen LogP contribution in [0.4, 0.5) is 4.79 Å². The van der Waals surface area contributed by atoms with Crippen LogP contribution in [0.15, 0.2) is 48.5 Å². The molecule has 1 aliphatic carbocycles. The Hall–Kier alpha value is -2.82. The van der Waals surface area contributed by atoms with Gasteiger partial charge in [0.1, 0.15) is 11.6 Å². The van der Waals surface area contributed by atoms with Gasteiger partial charge in [0, 0.05) is 6.42 Å². The van der Waals surface area contributed by atoms with Crippen LogP contribution >= 0.6 is 0 Å². The number of ether oxygens (including phenoxy) is 1. The average molecular weight is 407 g/mol. The van der Waals surface area contributed by atoms with Gasteiger partial charge in [0.2, 0.25) is 5.91 Å². The van der Waals surface area contributed by atoms with Crippen molar-refractivity contribution in [3.63, 3.8) is 0 Å². The average Bonchev–Trinajstić information content (AvgIpc) is 2.72. The van der Waals surface area contributed by atoms with Gasteiger partial charge in [-0.25, -0.2) is 4.79 Å². The summed E-state index contributed by atoms with van der Waals surface area (Å²) in [5, 5.41) is 3.23. The van der Waals surface area contributed by atoms with Crippen molar-refractivity contribution in [3.05, 3.63) is 70.8 Å². The number of benzene rings is 2. The first-order valence-corrected chi connectivity index (χ1v) is 10.8. The number of nitrogens with zero attached hydrogens (tertiary/aromatic N) is 1. The molecule has 158 valence electrons. The topological polar surface area (TPSA) is 58.6 Å². The molecule has 0 fully saturated rings. The summed E-state index contributed by atoms with van der Waals surface area (Å²) in [4.78, 5) is 27.9. The van der Waals surface area contributed by atoms with Crippen LogP contribution < -0.4 is 5.32 Å². The molecule has 0 radical (unpaired) electrons. The quantitative estimate of drug-likeness (QED) is 0.796. The molecule has 0 saturated carbocycles. The lowest BCUT2D eigenvalue weighted by Crippen LogP contribution is -2.54. The molecule has 5 heteroatoms. The number of nitrogens with one attached hydrogen (secondary N) is 1. The Labute approximate surface area is 178 Å². The minimum atomic E-state index is -0.614. The molecular weight excluding hydrogens is 376 g/mol.